The van der Waals surface area contributed by atoms with Gasteiger partial charge in [-0.25, -0.2) is 4.98 Å². The lowest BCUT2D eigenvalue weighted by Crippen LogP contribution is -2.30. The van der Waals surface area contributed by atoms with Crippen LogP contribution in [0.1, 0.15) is 35.3 Å². The molecule has 104 valence electrons. The Balaban J connectivity index is 1.81. The Labute approximate surface area is 119 Å². The Bertz CT molecular complexity index is 561. The van der Waals surface area contributed by atoms with Gasteiger partial charge in [0, 0.05) is 19.3 Å². The van der Waals surface area contributed by atoms with E-state index >= 15 is 0 Å². The van der Waals surface area contributed by atoms with Crippen LogP contribution < -0.4 is 5.73 Å². The van der Waals surface area contributed by atoms with Crippen molar-refractivity contribution in [2.45, 2.75) is 19.3 Å². The van der Waals surface area contributed by atoms with E-state index in [0.717, 1.165) is 13.1 Å². The first-order valence-electron chi connectivity index (χ1n) is 7.23. The van der Waals surface area contributed by atoms with E-state index in [1.807, 2.05) is 11.0 Å². The number of amides is 1. The summed E-state index contributed by atoms with van der Waals surface area (Å²) in [6.07, 6.45) is 5.49. The van der Waals surface area contributed by atoms with Crippen LogP contribution in [0.2, 0.25) is 0 Å². The summed E-state index contributed by atoms with van der Waals surface area (Å²) in [5.41, 5.74) is 6.54. The van der Waals surface area contributed by atoms with E-state index in [1.54, 1.807) is 12.3 Å². The number of nitrogens with zero attached hydrogens (tertiary/aromatic N) is 2. The van der Waals surface area contributed by atoms with Crippen LogP contribution in [0.25, 0.3) is 0 Å². The van der Waals surface area contributed by atoms with E-state index in [9.17, 15) is 4.79 Å². The van der Waals surface area contributed by atoms with Gasteiger partial charge in [-0.2, -0.15) is 0 Å². The number of rotatable bonds is 1. The van der Waals surface area contributed by atoms with Gasteiger partial charge in [0.2, 0.25) is 0 Å². The molecule has 1 aliphatic heterocycles. The van der Waals surface area contributed by atoms with Gasteiger partial charge >= 0.3 is 0 Å². The van der Waals surface area contributed by atoms with E-state index in [2.05, 4.69) is 16.8 Å². The fraction of sp³-hybridized carbons (Fsp3) is 0.500. The third-order valence-electron chi connectivity index (χ3n) is 4.35. The van der Waals surface area contributed by atoms with E-state index in [4.69, 9.17) is 5.73 Å². The van der Waals surface area contributed by atoms with Crippen LogP contribution in [0, 0.1) is 23.7 Å². The number of hydrogen-bond donors (Lipinski definition) is 1. The highest BCUT2D eigenvalue weighted by Crippen LogP contribution is 2.38. The van der Waals surface area contributed by atoms with Crippen molar-refractivity contribution in [3.8, 4) is 11.8 Å². The summed E-state index contributed by atoms with van der Waals surface area (Å²) in [5, 5.41) is 0. The number of carbonyl (C=O) groups excluding carboxylic acids is 1. The molecule has 3 rings (SSSR count). The predicted molar refractivity (Wildman–Crippen MR) is 76.9 cm³/mol. The van der Waals surface area contributed by atoms with E-state index < -0.39 is 0 Å². The van der Waals surface area contributed by atoms with Crippen molar-refractivity contribution in [3.63, 3.8) is 0 Å². The summed E-state index contributed by atoms with van der Waals surface area (Å²) in [6, 6.07) is 3.63. The van der Waals surface area contributed by atoms with Crippen LogP contribution in [0.15, 0.2) is 18.3 Å². The minimum absolute atomic E-state index is 0.0151. The zero-order valence-electron chi connectivity index (χ0n) is 11.5. The Morgan fingerprint density at radius 2 is 2.15 bits per heavy atom. The molecule has 1 aliphatic carbocycles. The predicted octanol–water partition coefficient (Wildman–Crippen LogP) is 1.26. The maximum atomic E-state index is 12.6. The lowest BCUT2D eigenvalue weighted by atomic mass is 10.0. The molecule has 0 spiro atoms. The molecule has 0 bridgehead atoms. The smallest absolute Gasteiger partial charge is 0.273 e. The molecule has 2 fully saturated rings. The van der Waals surface area contributed by atoms with Crippen molar-refractivity contribution < 1.29 is 4.79 Å². The Kier molecular flexibility index (Phi) is 3.70. The van der Waals surface area contributed by atoms with Crippen LogP contribution in [-0.4, -0.2) is 35.4 Å². The Morgan fingerprint density at radius 3 is 2.85 bits per heavy atom. The number of nitrogens with two attached hydrogens (primary N) is 1. The van der Waals surface area contributed by atoms with Gasteiger partial charge in [0.15, 0.2) is 0 Å². The molecule has 1 aromatic heterocycles. The van der Waals surface area contributed by atoms with Crippen molar-refractivity contribution in [2.24, 2.45) is 17.6 Å². The quantitative estimate of drug-likeness (QED) is 0.781. The lowest BCUT2D eigenvalue weighted by Gasteiger charge is -2.17. The number of likely N-dealkylation sites (tertiary alicyclic amines) is 1. The second kappa shape index (κ2) is 5.64. The Hall–Kier alpha value is -1.86. The second-order valence-corrected chi connectivity index (χ2v) is 5.57. The first-order chi connectivity index (χ1) is 9.79. The summed E-state index contributed by atoms with van der Waals surface area (Å²) < 4.78 is 0. The standard InChI is InChI=1S/C16H19N3O/c17-8-2-6-12-7-3-9-18-15(12)16(20)19-10-13-4-1-5-14(13)11-19/h3,7,9,13-14H,1,4-5,8,10-11,17H2. The van der Waals surface area contributed by atoms with Crippen LogP contribution in [0.3, 0.4) is 0 Å². The zero-order chi connectivity index (χ0) is 13.9. The number of aromatic nitrogens is 1. The first-order valence-corrected chi connectivity index (χ1v) is 7.23. The fourth-order valence-electron chi connectivity index (χ4n) is 3.37. The lowest BCUT2D eigenvalue weighted by molar-refractivity contribution is 0.0774. The average molecular weight is 269 g/mol. The molecule has 2 atom stereocenters. The molecule has 1 saturated heterocycles. The maximum Gasteiger partial charge on any atom is 0.273 e. The monoisotopic (exact) mass is 269 g/mol. The summed E-state index contributed by atoms with van der Waals surface area (Å²) in [4.78, 5) is 18.8. The first kappa shape index (κ1) is 13.1. The van der Waals surface area contributed by atoms with Gasteiger partial charge in [0.1, 0.15) is 5.69 Å². The van der Waals surface area contributed by atoms with Crippen molar-refractivity contribution >= 4 is 5.91 Å². The number of fused-ring (bicyclic) bond motifs is 1. The second-order valence-electron chi connectivity index (χ2n) is 5.57. The molecule has 0 radical (unpaired) electrons. The third-order valence-corrected chi connectivity index (χ3v) is 4.35. The summed E-state index contributed by atoms with van der Waals surface area (Å²) in [6.45, 7) is 2.05. The van der Waals surface area contributed by atoms with Gasteiger partial charge in [-0.1, -0.05) is 18.3 Å². The average Bonchev–Trinajstić information content (AvgIpc) is 3.06. The normalized spacial score (nSPS) is 24.1. The fourth-order valence-corrected chi connectivity index (χ4v) is 3.37. The molecule has 2 unspecified atom stereocenters. The number of carbonyl (C=O) groups is 1. The largest absolute Gasteiger partial charge is 0.337 e. The summed E-state index contributed by atoms with van der Waals surface area (Å²) in [5.74, 6) is 7.15. The molecule has 2 aliphatic rings. The van der Waals surface area contributed by atoms with Gasteiger partial charge in [0.25, 0.3) is 5.91 Å². The van der Waals surface area contributed by atoms with Crippen molar-refractivity contribution in [1.29, 1.82) is 0 Å². The van der Waals surface area contributed by atoms with Crippen molar-refractivity contribution in [1.82, 2.24) is 9.88 Å². The molecule has 1 saturated carbocycles. The molecule has 2 heterocycles. The van der Waals surface area contributed by atoms with Crippen LogP contribution >= 0.6 is 0 Å². The van der Waals surface area contributed by atoms with Gasteiger partial charge in [0.05, 0.1) is 12.1 Å². The van der Waals surface area contributed by atoms with Gasteiger partial charge in [-0.3, -0.25) is 4.79 Å². The van der Waals surface area contributed by atoms with Crippen molar-refractivity contribution in [2.75, 3.05) is 19.6 Å². The molecular weight excluding hydrogens is 250 g/mol. The summed E-state index contributed by atoms with van der Waals surface area (Å²) in [7, 11) is 0. The van der Waals surface area contributed by atoms with Crippen LogP contribution in [0.4, 0.5) is 0 Å². The molecule has 4 nitrogen and oxygen atoms in total. The molecule has 20 heavy (non-hydrogen) atoms. The highest BCUT2D eigenvalue weighted by molar-refractivity contribution is 5.95. The highest BCUT2D eigenvalue weighted by Gasteiger charge is 2.38. The van der Waals surface area contributed by atoms with Gasteiger partial charge in [-0.15, -0.1) is 0 Å². The number of pyridine rings is 1. The van der Waals surface area contributed by atoms with E-state index in [1.165, 1.54) is 19.3 Å². The van der Waals surface area contributed by atoms with Crippen LogP contribution in [-0.2, 0) is 0 Å². The van der Waals surface area contributed by atoms with E-state index in [0.29, 0.717) is 23.1 Å². The highest BCUT2D eigenvalue weighted by atomic mass is 16.2. The van der Waals surface area contributed by atoms with Gasteiger partial charge < -0.3 is 10.6 Å². The van der Waals surface area contributed by atoms with Gasteiger partial charge in [-0.05, 0) is 36.8 Å². The van der Waals surface area contributed by atoms with E-state index in [-0.39, 0.29) is 12.5 Å². The molecule has 2 N–H and O–H groups in total. The number of hydrogen-bond acceptors (Lipinski definition) is 3. The zero-order valence-corrected chi connectivity index (χ0v) is 11.5. The third kappa shape index (κ3) is 2.41. The van der Waals surface area contributed by atoms with Crippen molar-refractivity contribution in [3.05, 3.63) is 29.6 Å². The Morgan fingerprint density at radius 1 is 1.40 bits per heavy atom. The SMILES string of the molecule is NCC#Cc1cccnc1C(=O)N1CC2CCCC2C1. The molecule has 4 heteroatoms. The maximum absolute atomic E-state index is 12.6. The van der Waals surface area contributed by atoms with Crippen LogP contribution in [0.5, 0.6) is 0 Å². The topological polar surface area (TPSA) is 59.2 Å². The molecule has 0 aromatic carbocycles. The minimum Gasteiger partial charge on any atom is -0.337 e. The minimum atomic E-state index is 0.0151. The molecule has 1 amide bonds. The molecular formula is C16H19N3O. The molecule has 1 aromatic rings. The summed E-state index contributed by atoms with van der Waals surface area (Å²) >= 11 is 0.